The molecule has 0 aliphatic carbocycles. The zero-order valence-electron chi connectivity index (χ0n) is 9.97. The third-order valence-electron chi connectivity index (χ3n) is 2.43. The number of aromatic nitrogens is 1. The van der Waals surface area contributed by atoms with Crippen LogP contribution in [0.15, 0.2) is 54.7 Å². The number of carbonyl (C=O) groups excluding carboxylic acids is 1. The molecule has 0 bridgehead atoms. The number of rotatable bonds is 5. The predicted octanol–water partition coefficient (Wildman–Crippen LogP) is 1.81. The third kappa shape index (κ3) is 3.90. The molecule has 0 saturated heterocycles. The number of benzene rings is 1. The van der Waals surface area contributed by atoms with Gasteiger partial charge in [-0.25, -0.2) is 4.98 Å². The van der Waals surface area contributed by atoms with E-state index in [1.165, 1.54) is 0 Å². The molecular formula is C14H15N3O. The summed E-state index contributed by atoms with van der Waals surface area (Å²) in [5.41, 5.74) is 1.09. The summed E-state index contributed by atoms with van der Waals surface area (Å²) in [4.78, 5) is 15.7. The highest BCUT2D eigenvalue weighted by Crippen LogP contribution is 1.99. The van der Waals surface area contributed by atoms with E-state index in [0.717, 1.165) is 5.56 Å². The van der Waals surface area contributed by atoms with Gasteiger partial charge in [0.2, 0.25) is 5.91 Å². The summed E-state index contributed by atoms with van der Waals surface area (Å²) in [6.07, 6.45) is 1.68. The van der Waals surface area contributed by atoms with Gasteiger partial charge in [0, 0.05) is 12.7 Å². The van der Waals surface area contributed by atoms with Crippen LogP contribution in [-0.4, -0.2) is 17.4 Å². The molecule has 4 heteroatoms. The van der Waals surface area contributed by atoms with Crippen LogP contribution < -0.4 is 10.6 Å². The van der Waals surface area contributed by atoms with E-state index in [4.69, 9.17) is 0 Å². The Morgan fingerprint density at radius 2 is 1.83 bits per heavy atom. The number of nitrogens with one attached hydrogen (secondary N) is 2. The lowest BCUT2D eigenvalue weighted by Crippen LogP contribution is -2.29. The van der Waals surface area contributed by atoms with Crippen LogP contribution in [-0.2, 0) is 11.3 Å². The maximum Gasteiger partial charge on any atom is 0.239 e. The van der Waals surface area contributed by atoms with E-state index < -0.39 is 0 Å². The Hall–Kier alpha value is -2.36. The van der Waals surface area contributed by atoms with Crippen LogP contribution in [0.25, 0.3) is 0 Å². The van der Waals surface area contributed by atoms with Gasteiger partial charge in [0.1, 0.15) is 5.82 Å². The summed E-state index contributed by atoms with van der Waals surface area (Å²) in [5.74, 6) is 0.650. The van der Waals surface area contributed by atoms with E-state index in [9.17, 15) is 4.79 Å². The van der Waals surface area contributed by atoms with Crippen LogP contribution in [0.1, 0.15) is 5.56 Å². The average molecular weight is 241 g/mol. The van der Waals surface area contributed by atoms with Gasteiger partial charge in [0.15, 0.2) is 0 Å². The van der Waals surface area contributed by atoms with Crippen LogP contribution in [0.2, 0.25) is 0 Å². The average Bonchev–Trinajstić information content (AvgIpc) is 2.45. The number of hydrogen-bond donors (Lipinski definition) is 2. The second-order valence-electron chi connectivity index (χ2n) is 3.83. The Balaban J connectivity index is 1.73. The minimum Gasteiger partial charge on any atom is -0.361 e. The molecule has 1 aromatic heterocycles. The van der Waals surface area contributed by atoms with Gasteiger partial charge in [-0.05, 0) is 17.7 Å². The Morgan fingerprint density at radius 3 is 2.56 bits per heavy atom. The minimum atomic E-state index is -0.0514. The van der Waals surface area contributed by atoms with Crippen molar-refractivity contribution in [2.45, 2.75) is 6.54 Å². The monoisotopic (exact) mass is 241 g/mol. The molecule has 92 valence electrons. The number of carbonyl (C=O) groups is 1. The van der Waals surface area contributed by atoms with Gasteiger partial charge in [-0.15, -0.1) is 0 Å². The number of amides is 1. The van der Waals surface area contributed by atoms with Crippen molar-refractivity contribution in [3.63, 3.8) is 0 Å². The summed E-state index contributed by atoms with van der Waals surface area (Å²) in [7, 11) is 0. The first kappa shape index (κ1) is 12.1. The highest BCUT2D eigenvalue weighted by molar-refractivity contribution is 5.80. The summed E-state index contributed by atoms with van der Waals surface area (Å²) in [5, 5.41) is 5.80. The summed E-state index contributed by atoms with van der Waals surface area (Å²) >= 11 is 0. The molecule has 1 heterocycles. The zero-order valence-corrected chi connectivity index (χ0v) is 9.97. The minimum absolute atomic E-state index is 0.0514. The van der Waals surface area contributed by atoms with Crippen molar-refractivity contribution in [1.29, 1.82) is 0 Å². The zero-order chi connectivity index (χ0) is 12.6. The van der Waals surface area contributed by atoms with E-state index >= 15 is 0 Å². The van der Waals surface area contributed by atoms with Crippen molar-refractivity contribution in [3.05, 3.63) is 60.3 Å². The molecule has 18 heavy (non-hydrogen) atoms. The van der Waals surface area contributed by atoms with Crippen LogP contribution in [0.5, 0.6) is 0 Å². The molecule has 0 spiro atoms. The van der Waals surface area contributed by atoms with Crippen LogP contribution in [0, 0.1) is 0 Å². The molecule has 2 N–H and O–H groups in total. The smallest absolute Gasteiger partial charge is 0.239 e. The van der Waals surface area contributed by atoms with Gasteiger partial charge >= 0.3 is 0 Å². The molecule has 0 unspecified atom stereocenters. The highest BCUT2D eigenvalue weighted by atomic mass is 16.1. The third-order valence-corrected chi connectivity index (χ3v) is 2.43. The van der Waals surface area contributed by atoms with Crippen molar-refractivity contribution in [3.8, 4) is 0 Å². The fourth-order valence-corrected chi connectivity index (χ4v) is 1.50. The number of pyridine rings is 1. The maximum absolute atomic E-state index is 11.6. The largest absolute Gasteiger partial charge is 0.361 e. The fraction of sp³-hybridized carbons (Fsp3) is 0.143. The van der Waals surface area contributed by atoms with Crippen molar-refractivity contribution in [2.24, 2.45) is 0 Å². The van der Waals surface area contributed by atoms with E-state index in [-0.39, 0.29) is 12.5 Å². The fourth-order valence-electron chi connectivity index (χ4n) is 1.50. The molecule has 0 radical (unpaired) electrons. The first-order valence-corrected chi connectivity index (χ1v) is 5.80. The van der Waals surface area contributed by atoms with Gasteiger partial charge < -0.3 is 10.6 Å². The Kier molecular flexibility index (Phi) is 4.30. The number of anilines is 1. The molecule has 1 aromatic carbocycles. The molecule has 0 saturated carbocycles. The van der Waals surface area contributed by atoms with Crippen LogP contribution in [0.4, 0.5) is 5.82 Å². The van der Waals surface area contributed by atoms with Crippen LogP contribution in [0.3, 0.4) is 0 Å². The lowest BCUT2D eigenvalue weighted by molar-refractivity contribution is -0.119. The van der Waals surface area contributed by atoms with Gasteiger partial charge in [0.25, 0.3) is 0 Å². The molecular weight excluding hydrogens is 226 g/mol. The second-order valence-corrected chi connectivity index (χ2v) is 3.83. The van der Waals surface area contributed by atoms with E-state index in [1.54, 1.807) is 6.20 Å². The topological polar surface area (TPSA) is 54.0 Å². The maximum atomic E-state index is 11.6. The molecule has 0 atom stereocenters. The normalized spacial score (nSPS) is 9.78. The Bertz CT molecular complexity index is 439. The van der Waals surface area contributed by atoms with E-state index in [1.807, 2.05) is 48.5 Å². The van der Waals surface area contributed by atoms with Gasteiger partial charge in [-0.1, -0.05) is 36.4 Å². The van der Waals surface area contributed by atoms with Gasteiger partial charge in [0.05, 0.1) is 6.54 Å². The number of nitrogens with zero attached hydrogens (tertiary/aromatic N) is 1. The Morgan fingerprint density at radius 1 is 1.06 bits per heavy atom. The quantitative estimate of drug-likeness (QED) is 0.839. The highest BCUT2D eigenvalue weighted by Gasteiger charge is 2.01. The number of hydrogen-bond acceptors (Lipinski definition) is 3. The molecule has 4 nitrogen and oxygen atoms in total. The summed E-state index contributed by atoms with van der Waals surface area (Å²) in [6, 6.07) is 15.3. The first-order chi connectivity index (χ1) is 8.84. The molecule has 1 amide bonds. The van der Waals surface area contributed by atoms with Crippen molar-refractivity contribution >= 4 is 11.7 Å². The van der Waals surface area contributed by atoms with E-state index in [2.05, 4.69) is 15.6 Å². The lowest BCUT2D eigenvalue weighted by Gasteiger charge is -2.07. The van der Waals surface area contributed by atoms with Gasteiger partial charge in [-0.3, -0.25) is 4.79 Å². The first-order valence-electron chi connectivity index (χ1n) is 5.80. The molecule has 0 aliphatic heterocycles. The molecule has 0 aliphatic rings. The molecule has 2 rings (SSSR count). The van der Waals surface area contributed by atoms with Crippen molar-refractivity contribution in [2.75, 3.05) is 11.9 Å². The SMILES string of the molecule is O=C(CNc1ccccn1)NCc1ccccc1. The summed E-state index contributed by atoms with van der Waals surface area (Å²) < 4.78 is 0. The van der Waals surface area contributed by atoms with Crippen molar-refractivity contribution < 1.29 is 4.79 Å². The summed E-state index contributed by atoms with van der Waals surface area (Å²) in [6.45, 7) is 0.771. The molecule has 2 aromatic rings. The standard InChI is InChI=1S/C14H15N3O/c18-14(11-16-13-8-4-5-9-15-13)17-10-12-6-2-1-3-7-12/h1-9H,10-11H2,(H,15,16)(H,17,18). The molecule has 0 fully saturated rings. The van der Waals surface area contributed by atoms with Crippen LogP contribution >= 0.6 is 0 Å². The lowest BCUT2D eigenvalue weighted by atomic mass is 10.2. The Labute approximate surface area is 106 Å². The van der Waals surface area contributed by atoms with Gasteiger partial charge in [-0.2, -0.15) is 0 Å². The van der Waals surface area contributed by atoms with E-state index in [0.29, 0.717) is 12.4 Å². The predicted molar refractivity (Wildman–Crippen MR) is 71.0 cm³/mol. The van der Waals surface area contributed by atoms with Crippen molar-refractivity contribution in [1.82, 2.24) is 10.3 Å². The second kappa shape index (κ2) is 6.39.